The van der Waals surface area contributed by atoms with Crippen molar-refractivity contribution in [3.05, 3.63) is 36.5 Å². The third-order valence-corrected chi connectivity index (χ3v) is 17.7. The molecule has 1 heterocycles. The summed E-state index contributed by atoms with van der Waals surface area (Å²) in [6.07, 6.45) is 78.5. The van der Waals surface area contributed by atoms with E-state index in [4.69, 9.17) is 9.47 Å². The Bertz CT molecular complexity index is 1410. The molecule has 1 saturated heterocycles. The maximum atomic E-state index is 13.1. The summed E-state index contributed by atoms with van der Waals surface area (Å²) in [4.78, 5) is 13.1. The molecule has 7 atom stereocenters. The van der Waals surface area contributed by atoms with Gasteiger partial charge < -0.3 is 40.3 Å². The molecular formula is C74H141NO8. The van der Waals surface area contributed by atoms with Gasteiger partial charge in [-0.05, 0) is 44.9 Å². The Balaban J connectivity index is 2.13. The molecule has 1 fully saturated rings. The van der Waals surface area contributed by atoms with E-state index in [2.05, 4.69) is 43.5 Å². The number of carbonyl (C=O) groups excluding carboxylic acids is 1. The van der Waals surface area contributed by atoms with Crippen LogP contribution in [0, 0.1) is 0 Å². The molecule has 0 radical (unpaired) electrons. The third-order valence-electron chi connectivity index (χ3n) is 17.7. The monoisotopic (exact) mass is 1170 g/mol. The van der Waals surface area contributed by atoms with E-state index in [0.717, 1.165) is 44.9 Å². The molecule has 0 aliphatic carbocycles. The van der Waals surface area contributed by atoms with Gasteiger partial charge in [0.25, 0.3) is 0 Å². The molecule has 9 nitrogen and oxygen atoms in total. The maximum absolute atomic E-state index is 13.1. The summed E-state index contributed by atoms with van der Waals surface area (Å²) in [5.41, 5.74) is 0. The standard InChI is InChI=1S/C74H141NO8/c1-3-5-7-9-11-13-15-17-19-21-23-25-27-29-31-33-35-37-39-41-43-45-47-49-51-53-55-57-59-61-63-68(77)67(66-82-74-73(81)72(80)71(79)69(65-76)83-74)75-70(78)64-62-60-58-56-54-52-50-48-46-44-42-40-38-36-34-32-30-28-26-24-22-20-18-16-14-12-10-8-6-4-2/h45,47,53,55,61,63,67-69,71-74,76-77,79-81H,3-44,46,48-52,54,56-60,62,64-66H2,1-2H3,(H,75,78)/b47-45+,55-53+,63-61+. The van der Waals surface area contributed by atoms with Gasteiger partial charge in [0.2, 0.25) is 5.91 Å². The summed E-state index contributed by atoms with van der Waals surface area (Å²) >= 11 is 0. The van der Waals surface area contributed by atoms with Crippen LogP contribution in [0.1, 0.15) is 373 Å². The van der Waals surface area contributed by atoms with Gasteiger partial charge in [0.15, 0.2) is 6.29 Å². The molecule has 0 aromatic carbocycles. The Morgan fingerprint density at radius 2 is 0.687 bits per heavy atom. The number of hydrogen-bond donors (Lipinski definition) is 6. The number of aliphatic hydroxyl groups excluding tert-OH is 5. The lowest BCUT2D eigenvalue weighted by Gasteiger charge is -2.40. The lowest BCUT2D eigenvalue weighted by molar-refractivity contribution is -0.302. The summed E-state index contributed by atoms with van der Waals surface area (Å²) in [5, 5.41) is 54.8. The Morgan fingerprint density at radius 1 is 0.398 bits per heavy atom. The van der Waals surface area contributed by atoms with E-state index >= 15 is 0 Å². The highest BCUT2D eigenvalue weighted by atomic mass is 16.7. The van der Waals surface area contributed by atoms with Gasteiger partial charge in [-0.2, -0.15) is 0 Å². The molecule has 1 rings (SSSR count). The van der Waals surface area contributed by atoms with E-state index in [-0.39, 0.29) is 12.5 Å². The van der Waals surface area contributed by atoms with Crippen molar-refractivity contribution in [3.63, 3.8) is 0 Å². The van der Waals surface area contributed by atoms with E-state index < -0.39 is 49.5 Å². The highest BCUT2D eigenvalue weighted by Gasteiger charge is 2.44. The van der Waals surface area contributed by atoms with Crippen molar-refractivity contribution in [2.24, 2.45) is 0 Å². The summed E-state index contributed by atoms with van der Waals surface area (Å²) in [6.45, 7) is 3.82. The molecule has 490 valence electrons. The number of ether oxygens (including phenoxy) is 2. The molecule has 83 heavy (non-hydrogen) atoms. The van der Waals surface area contributed by atoms with Crippen molar-refractivity contribution < 1.29 is 39.8 Å². The normalized spacial score (nSPS) is 18.4. The maximum Gasteiger partial charge on any atom is 0.220 e. The minimum absolute atomic E-state index is 0.183. The minimum Gasteiger partial charge on any atom is -0.394 e. The molecule has 0 bridgehead atoms. The fourth-order valence-electron chi connectivity index (χ4n) is 12.0. The van der Waals surface area contributed by atoms with Gasteiger partial charge in [-0.1, -0.05) is 359 Å². The first-order valence-electron chi connectivity index (χ1n) is 36.7. The van der Waals surface area contributed by atoms with Crippen LogP contribution in [-0.4, -0.2) is 87.5 Å². The largest absolute Gasteiger partial charge is 0.394 e. The van der Waals surface area contributed by atoms with Crippen LogP contribution in [0.25, 0.3) is 0 Å². The second-order valence-corrected chi connectivity index (χ2v) is 25.7. The van der Waals surface area contributed by atoms with E-state index in [0.29, 0.717) is 6.42 Å². The number of amides is 1. The van der Waals surface area contributed by atoms with Crippen LogP contribution in [0.2, 0.25) is 0 Å². The van der Waals surface area contributed by atoms with Crippen molar-refractivity contribution in [1.82, 2.24) is 5.32 Å². The van der Waals surface area contributed by atoms with Gasteiger partial charge in [0.05, 0.1) is 25.4 Å². The predicted octanol–water partition coefficient (Wildman–Crippen LogP) is 20.2. The van der Waals surface area contributed by atoms with Gasteiger partial charge >= 0.3 is 0 Å². The highest BCUT2D eigenvalue weighted by molar-refractivity contribution is 5.76. The molecule has 0 spiro atoms. The SMILES string of the molecule is CCCCCCCCCCCCCCCCCCCCCC/C=C/CC/C=C/CC/C=C/C(O)C(COC1OC(CO)C(O)C(O)C1O)NC(=O)CCCCCCCCCCCCCCCCCCCCCCCCCCCCCCCC. The van der Waals surface area contributed by atoms with Gasteiger partial charge in [-0.15, -0.1) is 0 Å². The molecular weight excluding hydrogens is 1030 g/mol. The Kier molecular flexibility index (Phi) is 60.7. The zero-order chi connectivity index (χ0) is 60.0. The molecule has 9 heteroatoms. The van der Waals surface area contributed by atoms with Crippen LogP contribution in [0.5, 0.6) is 0 Å². The number of hydrogen-bond acceptors (Lipinski definition) is 8. The Hall–Kier alpha value is -1.59. The summed E-state index contributed by atoms with van der Waals surface area (Å²) in [5.74, 6) is -0.183. The third kappa shape index (κ3) is 52.1. The topological polar surface area (TPSA) is 149 Å². The molecule has 0 aromatic rings. The number of unbranched alkanes of at least 4 members (excludes halogenated alkanes) is 51. The average molecular weight is 1170 g/mol. The fraction of sp³-hybridized carbons (Fsp3) is 0.905. The number of nitrogens with one attached hydrogen (secondary N) is 1. The van der Waals surface area contributed by atoms with Crippen LogP contribution >= 0.6 is 0 Å². The van der Waals surface area contributed by atoms with Crippen LogP contribution in [-0.2, 0) is 14.3 Å². The average Bonchev–Trinajstić information content (AvgIpc) is 3.50. The lowest BCUT2D eigenvalue weighted by atomic mass is 9.99. The summed E-state index contributed by atoms with van der Waals surface area (Å²) in [7, 11) is 0. The molecule has 0 aromatic heterocycles. The first-order chi connectivity index (χ1) is 40.8. The van der Waals surface area contributed by atoms with Gasteiger partial charge in [-0.25, -0.2) is 0 Å². The van der Waals surface area contributed by atoms with Crippen LogP contribution in [0.3, 0.4) is 0 Å². The van der Waals surface area contributed by atoms with E-state index in [1.807, 2.05) is 6.08 Å². The quantitative estimate of drug-likeness (QED) is 0.0261. The van der Waals surface area contributed by atoms with Crippen molar-refractivity contribution in [2.45, 2.75) is 416 Å². The number of carbonyl (C=O) groups is 1. The number of aliphatic hydroxyl groups is 5. The first kappa shape index (κ1) is 79.4. The molecule has 6 N–H and O–H groups in total. The zero-order valence-corrected chi connectivity index (χ0v) is 55.0. The van der Waals surface area contributed by atoms with Crippen molar-refractivity contribution in [3.8, 4) is 0 Å². The smallest absolute Gasteiger partial charge is 0.220 e. The predicted molar refractivity (Wildman–Crippen MR) is 355 cm³/mol. The minimum atomic E-state index is -1.58. The van der Waals surface area contributed by atoms with Gasteiger partial charge in [0.1, 0.15) is 24.4 Å². The van der Waals surface area contributed by atoms with Gasteiger partial charge in [0, 0.05) is 6.42 Å². The molecule has 0 saturated carbocycles. The second kappa shape index (κ2) is 63.4. The fourth-order valence-corrected chi connectivity index (χ4v) is 12.0. The molecule has 1 amide bonds. The van der Waals surface area contributed by atoms with E-state index in [1.54, 1.807) is 6.08 Å². The van der Waals surface area contributed by atoms with Gasteiger partial charge in [-0.3, -0.25) is 4.79 Å². The summed E-state index contributed by atoms with van der Waals surface area (Å²) in [6, 6.07) is -0.828. The highest BCUT2D eigenvalue weighted by Crippen LogP contribution is 2.24. The Morgan fingerprint density at radius 3 is 1.01 bits per heavy atom. The zero-order valence-electron chi connectivity index (χ0n) is 55.0. The van der Waals surface area contributed by atoms with Crippen molar-refractivity contribution >= 4 is 5.91 Å². The molecule has 7 unspecified atom stereocenters. The van der Waals surface area contributed by atoms with Crippen LogP contribution < -0.4 is 5.32 Å². The van der Waals surface area contributed by atoms with E-state index in [1.165, 1.54) is 308 Å². The van der Waals surface area contributed by atoms with Crippen molar-refractivity contribution in [2.75, 3.05) is 13.2 Å². The number of rotatable bonds is 65. The molecule has 1 aliphatic heterocycles. The van der Waals surface area contributed by atoms with Crippen LogP contribution in [0.4, 0.5) is 0 Å². The van der Waals surface area contributed by atoms with Crippen LogP contribution in [0.15, 0.2) is 36.5 Å². The summed E-state index contributed by atoms with van der Waals surface area (Å²) < 4.78 is 11.3. The Labute approximate surface area is 514 Å². The lowest BCUT2D eigenvalue weighted by Crippen LogP contribution is -2.60. The first-order valence-corrected chi connectivity index (χ1v) is 36.7. The van der Waals surface area contributed by atoms with E-state index in [9.17, 15) is 30.3 Å². The second-order valence-electron chi connectivity index (χ2n) is 25.7. The van der Waals surface area contributed by atoms with Crippen molar-refractivity contribution in [1.29, 1.82) is 0 Å². The number of allylic oxidation sites excluding steroid dienone is 5. The molecule has 1 aliphatic rings.